The molecule has 4 nitrogen and oxygen atoms in total. The largest absolute Gasteiger partial charge is 0.467 e. The van der Waals surface area contributed by atoms with Crippen molar-refractivity contribution in [3.63, 3.8) is 0 Å². The van der Waals surface area contributed by atoms with Gasteiger partial charge in [-0.05, 0) is 23.6 Å². The predicted molar refractivity (Wildman–Crippen MR) is 78.1 cm³/mol. The van der Waals surface area contributed by atoms with Gasteiger partial charge in [-0.2, -0.15) is 0 Å². The van der Waals surface area contributed by atoms with Gasteiger partial charge >= 0.3 is 6.03 Å². The van der Waals surface area contributed by atoms with E-state index in [0.717, 1.165) is 11.3 Å². The topological polar surface area (TPSA) is 54.3 Å². The Hall–Kier alpha value is -2.23. The van der Waals surface area contributed by atoms with Crippen LogP contribution in [-0.2, 0) is 6.54 Å². The summed E-state index contributed by atoms with van der Waals surface area (Å²) in [5.41, 5.74) is 1.11. The number of urea groups is 1. The zero-order chi connectivity index (χ0) is 14.4. The quantitative estimate of drug-likeness (QED) is 0.875. The Morgan fingerprint density at radius 2 is 1.90 bits per heavy atom. The molecule has 0 aliphatic heterocycles. The molecule has 0 fully saturated rings. The summed E-state index contributed by atoms with van der Waals surface area (Å²) in [4.78, 5) is 12.0. The molecule has 0 saturated carbocycles. The van der Waals surface area contributed by atoms with Gasteiger partial charge in [0.2, 0.25) is 0 Å². The number of amides is 2. The lowest BCUT2D eigenvalue weighted by Crippen LogP contribution is -2.39. The summed E-state index contributed by atoms with van der Waals surface area (Å²) in [6.07, 6.45) is 1.59. The van der Waals surface area contributed by atoms with E-state index in [2.05, 4.69) is 24.5 Å². The van der Waals surface area contributed by atoms with E-state index in [9.17, 15) is 4.79 Å². The van der Waals surface area contributed by atoms with E-state index in [-0.39, 0.29) is 12.1 Å². The summed E-state index contributed by atoms with van der Waals surface area (Å²) in [7, 11) is 0. The van der Waals surface area contributed by atoms with Crippen molar-refractivity contribution in [2.24, 2.45) is 5.92 Å². The number of hydrogen-bond acceptors (Lipinski definition) is 2. The van der Waals surface area contributed by atoms with Gasteiger partial charge in [0.25, 0.3) is 0 Å². The maximum atomic E-state index is 12.0. The second kappa shape index (κ2) is 6.80. The van der Waals surface area contributed by atoms with Crippen LogP contribution in [0.3, 0.4) is 0 Å². The molecule has 20 heavy (non-hydrogen) atoms. The summed E-state index contributed by atoms with van der Waals surface area (Å²) in [6.45, 7) is 4.56. The van der Waals surface area contributed by atoms with Gasteiger partial charge in [0.15, 0.2) is 0 Å². The molecule has 106 valence electrons. The van der Waals surface area contributed by atoms with Crippen LogP contribution in [0, 0.1) is 5.92 Å². The first-order valence-electron chi connectivity index (χ1n) is 6.78. The molecule has 1 unspecified atom stereocenters. The lowest BCUT2D eigenvalue weighted by atomic mass is 9.96. The number of carbonyl (C=O) groups excluding carboxylic acids is 1. The third kappa shape index (κ3) is 3.88. The number of nitrogens with one attached hydrogen (secondary N) is 2. The highest BCUT2D eigenvalue weighted by Gasteiger charge is 2.17. The minimum Gasteiger partial charge on any atom is -0.467 e. The first-order chi connectivity index (χ1) is 9.66. The van der Waals surface area contributed by atoms with E-state index in [1.807, 2.05) is 36.4 Å². The van der Waals surface area contributed by atoms with Gasteiger partial charge in [-0.15, -0.1) is 0 Å². The maximum absolute atomic E-state index is 12.0. The molecule has 2 N–H and O–H groups in total. The van der Waals surface area contributed by atoms with Crippen LogP contribution in [0.15, 0.2) is 53.1 Å². The molecule has 0 saturated heterocycles. The number of hydrogen-bond donors (Lipinski definition) is 2. The van der Waals surface area contributed by atoms with Crippen LogP contribution in [0.1, 0.15) is 31.2 Å². The molecule has 2 rings (SSSR count). The van der Waals surface area contributed by atoms with E-state index >= 15 is 0 Å². The lowest BCUT2D eigenvalue weighted by molar-refractivity contribution is 0.231. The summed E-state index contributed by atoms with van der Waals surface area (Å²) in [5.74, 6) is 1.05. The fourth-order valence-electron chi connectivity index (χ4n) is 2.07. The number of furan rings is 1. The molecule has 1 heterocycles. The summed E-state index contributed by atoms with van der Waals surface area (Å²) in [6, 6.07) is 13.4. The second-order valence-corrected chi connectivity index (χ2v) is 5.04. The Morgan fingerprint density at radius 1 is 1.15 bits per heavy atom. The third-order valence-electron chi connectivity index (χ3n) is 3.12. The van der Waals surface area contributed by atoms with Crippen LogP contribution in [0.2, 0.25) is 0 Å². The van der Waals surface area contributed by atoms with E-state index < -0.39 is 0 Å². The average Bonchev–Trinajstić information content (AvgIpc) is 2.96. The summed E-state index contributed by atoms with van der Waals surface area (Å²) < 4.78 is 5.18. The molecule has 1 aromatic heterocycles. The minimum absolute atomic E-state index is 0.00667. The predicted octanol–water partition coefficient (Wildman–Crippen LogP) is 3.48. The molecule has 0 aliphatic rings. The van der Waals surface area contributed by atoms with E-state index in [1.54, 1.807) is 12.3 Å². The monoisotopic (exact) mass is 272 g/mol. The SMILES string of the molecule is CC(C)C(NC(=O)NCc1ccco1)c1ccccc1. The van der Waals surface area contributed by atoms with Crippen molar-refractivity contribution >= 4 is 6.03 Å². The summed E-state index contributed by atoms with van der Waals surface area (Å²) in [5, 5.41) is 5.80. The highest BCUT2D eigenvalue weighted by atomic mass is 16.3. The molecule has 2 amide bonds. The van der Waals surface area contributed by atoms with Crippen molar-refractivity contribution in [3.05, 3.63) is 60.1 Å². The van der Waals surface area contributed by atoms with E-state index in [0.29, 0.717) is 12.5 Å². The zero-order valence-electron chi connectivity index (χ0n) is 11.8. The summed E-state index contributed by atoms with van der Waals surface area (Å²) >= 11 is 0. The van der Waals surface area contributed by atoms with Gasteiger partial charge in [0.05, 0.1) is 18.8 Å². The van der Waals surface area contributed by atoms with Crippen LogP contribution >= 0.6 is 0 Å². The van der Waals surface area contributed by atoms with Gasteiger partial charge in [-0.25, -0.2) is 4.79 Å². The Bertz CT molecular complexity index is 521. The van der Waals surface area contributed by atoms with E-state index in [1.165, 1.54) is 0 Å². The average molecular weight is 272 g/mol. The highest BCUT2D eigenvalue weighted by Crippen LogP contribution is 2.20. The smallest absolute Gasteiger partial charge is 0.315 e. The Balaban J connectivity index is 1.93. The minimum atomic E-state index is -0.191. The van der Waals surface area contributed by atoms with Gasteiger partial charge in [-0.1, -0.05) is 44.2 Å². The van der Waals surface area contributed by atoms with Crippen molar-refractivity contribution in [1.29, 1.82) is 0 Å². The number of benzene rings is 1. The van der Waals surface area contributed by atoms with E-state index in [4.69, 9.17) is 4.42 Å². The Kier molecular flexibility index (Phi) is 4.82. The molecule has 1 atom stereocenters. The van der Waals surface area contributed by atoms with Crippen LogP contribution in [0.4, 0.5) is 4.79 Å². The van der Waals surface area contributed by atoms with Crippen molar-refractivity contribution in [3.8, 4) is 0 Å². The van der Waals surface area contributed by atoms with Crippen LogP contribution in [0.25, 0.3) is 0 Å². The molecular formula is C16H20N2O2. The molecule has 0 spiro atoms. The molecule has 0 radical (unpaired) electrons. The molecule has 0 aliphatic carbocycles. The zero-order valence-corrected chi connectivity index (χ0v) is 11.8. The number of rotatable bonds is 5. The number of carbonyl (C=O) groups is 1. The van der Waals surface area contributed by atoms with Crippen molar-refractivity contribution in [2.45, 2.75) is 26.4 Å². The highest BCUT2D eigenvalue weighted by molar-refractivity contribution is 5.74. The first kappa shape index (κ1) is 14.2. The molecule has 2 aromatic rings. The normalized spacial score (nSPS) is 12.2. The van der Waals surface area contributed by atoms with Crippen molar-refractivity contribution in [1.82, 2.24) is 10.6 Å². The fraction of sp³-hybridized carbons (Fsp3) is 0.312. The molecule has 1 aromatic carbocycles. The second-order valence-electron chi connectivity index (χ2n) is 5.04. The molecule has 4 heteroatoms. The van der Waals surface area contributed by atoms with Crippen LogP contribution < -0.4 is 10.6 Å². The standard InChI is InChI=1S/C16H20N2O2/c1-12(2)15(13-7-4-3-5-8-13)18-16(19)17-11-14-9-6-10-20-14/h3-10,12,15H,11H2,1-2H3,(H2,17,18,19). The molecular weight excluding hydrogens is 252 g/mol. The maximum Gasteiger partial charge on any atom is 0.315 e. The fourth-order valence-corrected chi connectivity index (χ4v) is 2.07. The Labute approximate surface area is 119 Å². The van der Waals surface area contributed by atoms with Gasteiger partial charge in [0.1, 0.15) is 5.76 Å². The van der Waals surface area contributed by atoms with Gasteiger partial charge in [-0.3, -0.25) is 0 Å². The van der Waals surface area contributed by atoms with Gasteiger partial charge < -0.3 is 15.1 Å². The lowest BCUT2D eigenvalue weighted by Gasteiger charge is -2.23. The van der Waals surface area contributed by atoms with Crippen LogP contribution in [-0.4, -0.2) is 6.03 Å². The van der Waals surface area contributed by atoms with Crippen LogP contribution in [0.5, 0.6) is 0 Å². The van der Waals surface area contributed by atoms with Crippen molar-refractivity contribution < 1.29 is 9.21 Å². The Morgan fingerprint density at radius 3 is 2.50 bits per heavy atom. The molecule has 0 bridgehead atoms. The third-order valence-corrected chi connectivity index (χ3v) is 3.12. The van der Waals surface area contributed by atoms with Gasteiger partial charge in [0, 0.05) is 0 Å². The van der Waals surface area contributed by atoms with Crippen molar-refractivity contribution in [2.75, 3.05) is 0 Å². The first-order valence-corrected chi connectivity index (χ1v) is 6.78.